The predicted octanol–water partition coefficient (Wildman–Crippen LogP) is 2.20. The number of carbonyl (C=O) groups excluding carboxylic acids is 1. The second-order valence-corrected chi connectivity index (χ2v) is 4.95. The van der Waals surface area contributed by atoms with Gasteiger partial charge in [0, 0.05) is 13.0 Å². The molecule has 6 heteroatoms. The molecule has 5 nitrogen and oxygen atoms in total. The van der Waals surface area contributed by atoms with E-state index in [4.69, 9.17) is 16.3 Å². The minimum atomic E-state index is -0.353. The first-order chi connectivity index (χ1) is 9.99. The monoisotopic (exact) mass is 307 g/mol. The van der Waals surface area contributed by atoms with E-state index >= 15 is 0 Å². The van der Waals surface area contributed by atoms with Gasteiger partial charge in [-0.2, -0.15) is 0 Å². The van der Waals surface area contributed by atoms with E-state index in [0.717, 1.165) is 5.69 Å². The van der Waals surface area contributed by atoms with Crippen LogP contribution in [0, 0.1) is 6.92 Å². The molecule has 0 fully saturated rings. The Morgan fingerprint density at radius 3 is 2.81 bits per heavy atom. The van der Waals surface area contributed by atoms with Crippen molar-refractivity contribution in [1.82, 2.24) is 0 Å². The molecule has 0 saturated carbocycles. The fourth-order valence-electron chi connectivity index (χ4n) is 1.78. The molecule has 1 aromatic heterocycles. The standard InChI is InChI=1S/C15H15ClN2O3/c1-10-15(13(19)7-8-18(10)2)21-9-14(20)17-12-6-4-3-5-11(12)16/h3-8H,9H2,1-2H3,(H,17,20)/p+1. The number of carbonyl (C=O) groups is 1. The number of aryl methyl sites for hydroxylation is 1. The number of nitrogens with zero attached hydrogens (tertiary/aromatic N) is 1. The number of aromatic hydroxyl groups is 1. The lowest BCUT2D eigenvalue weighted by Crippen LogP contribution is -2.32. The molecule has 110 valence electrons. The van der Waals surface area contributed by atoms with Crippen LogP contribution in [0.3, 0.4) is 0 Å². The van der Waals surface area contributed by atoms with Gasteiger partial charge in [-0.1, -0.05) is 23.7 Å². The van der Waals surface area contributed by atoms with Gasteiger partial charge in [0.15, 0.2) is 18.6 Å². The molecule has 0 saturated heterocycles. The number of para-hydroxylation sites is 1. The number of halogens is 1. The van der Waals surface area contributed by atoms with Crippen molar-refractivity contribution < 1.29 is 19.2 Å². The van der Waals surface area contributed by atoms with Gasteiger partial charge >= 0.3 is 0 Å². The summed E-state index contributed by atoms with van der Waals surface area (Å²) in [5, 5.41) is 12.9. The number of benzene rings is 1. The number of hydrogen-bond donors (Lipinski definition) is 2. The quantitative estimate of drug-likeness (QED) is 0.851. The summed E-state index contributed by atoms with van der Waals surface area (Å²) in [5.41, 5.74) is 1.24. The highest BCUT2D eigenvalue weighted by Crippen LogP contribution is 2.26. The van der Waals surface area contributed by atoms with E-state index in [2.05, 4.69) is 5.32 Å². The molecule has 2 rings (SSSR count). The van der Waals surface area contributed by atoms with E-state index < -0.39 is 0 Å². The fourth-order valence-corrected chi connectivity index (χ4v) is 1.96. The van der Waals surface area contributed by atoms with Gasteiger partial charge in [0.2, 0.25) is 11.4 Å². The maximum Gasteiger partial charge on any atom is 0.262 e. The van der Waals surface area contributed by atoms with Crippen LogP contribution in [0.2, 0.25) is 5.02 Å². The molecular weight excluding hydrogens is 292 g/mol. The molecule has 0 aliphatic carbocycles. The van der Waals surface area contributed by atoms with Crippen molar-refractivity contribution >= 4 is 23.2 Å². The molecule has 0 spiro atoms. The molecule has 2 N–H and O–H groups in total. The third kappa shape index (κ3) is 3.64. The van der Waals surface area contributed by atoms with Gasteiger partial charge in [-0.3, -0.25) is 4.79 Å². The van der Waals surface area contributed by atoms with Gasteiger partial charge in [0.25, 0.3) is 5.91 Å². The Bertz CT molecular complexity index is 674. The number of pyridine rings is 1. The predicted molar refractivity (Wildman–Crippen MR) is 79.6 cm³/mol. The third-order valence-electron chi connectivity index (χ3n) is 3.04. The largest absolute Gasteiger partial charge is 0.504 e. The summed E-state index contributed by atoms with van der Waals surface area (Å²) < 4.78 is 7.19. The summed E-state index contributed by atoms with van der Waals surface area (Å²) in [7, 11) is 1.82. The molecular formula is C15H16ClN2O3+. The average Bonchev–Trinajstić information content (AvgIpc) is 2.45. The van der Waals surface area contributed by atoms with Crippen molar-refractivity contribution in [3.63, 3.8) is 0 Å². The minimum Gasteiger partial charge on any atom is -0.504 e. The second kappa shape index (κ2) is 6.45. The van der Waals surface area contributed by atoms with Crippen molar-refractivity contribution in [2.24, 2.45) is 7.05 Å². The molecule has 2 aromatic rings. The first kappa shape index (κ1) is 15.1. The number of ether oxygens (including phenoxy) is 1. The number of amides is 1. The number of nitrogens with one attached hydrogen (secondary N) is 1. The zero-order valence-corrected chi connectivity index (χ0v) is 12.5. The Labute approximate surface area is 127 Å². The Kier molecular flexibility index (Phi) is 4.65. The van der Waals surface area contributed by atoms with Crippen LogP contribution in [0.1, 0.15) is 5.69 Å². The minimum absolute atomic E-state index is 0.00357. The summed E-state index contributed by atoms with van der Waals surface area (Å²) >= 11 is 5.96. The van der Waals surface area contributed by atoms with Gasteiger partial charge in [0.1, 0.15) is 7.05 Å². The maximum absolute atomic E-state index is 11.9. The van der Waals surface area contributed by atoms with E-state index in [1.54, 1.807) is 42.0 Å². The van der Waals surface area contributed by atoms with Crippen LogP contribution < -0.4 is 14.6 Å². The van der Waals surface area contributed by atoms with E-state index in [1.807, 2.05) is 7.05 Å². The summed E-state index contributed by atoms with van der Waals surface area (Å²) in [6.07, 6.45) is 1.71. The van der Waals surface area contributed by atoms with Gasteiger partial charge in [-0.15, -0.1) is 0 Å². The smallest absolute Gasteiger partial charge is 0.262 e. The van der Waals surface area contributed by atoms with Crippen LogP contribution in [-0.2, 0) is 11.8 Å². The Balaban J connectivity index is 2.02. The fraction of sp³-hybridized carbons (Fsp3) is 0.200. The first-order valence-electron chi connectivity index (χ1n) is 6.34. The lowest BCUT2D eigenvalue weighted by molar-refractivity contribution is -0.678. The topological polar surface area (TPSA) is 62.4 Å². The third-order valence-corrected chi connectivity index (χ3v) is 3.37. The lowest BCUT2D eigenvalue weighted by atomic mass is 10.3. The second-order valence-electron chi connectivity index (χ2n) is 4.54. The molecule has 1 heterocycles. The number of hydrogen-bond acceptors (Lipinski definition) is 3. The summed E-state index contributed by atoms with van der Waals surface area (Å²) in [4.78, 5) is 11.9. The van der Waals surface area contributed by atoms with Crippen LogP contribution >= 0.6 is 11.6 Å². The van der Waals surface area contributed by atoms with Crippen molar-refractivity contribution in [3.05, 3.63) is 47.2 Å². The Morgan fingerprint density at radius 1 is 1.38 bits per heavy atom. The summed E-state index contributed by atoms with van der Waals surface area (Å²) in [6, 6.07) is 8.44. The van der Waals surface area contributed by atoms with Gasteiger partial charge in [-0.25, -0.2) is 4.57 Å². The number of anilines is 1. The van der Waals surface area contributed by atoms with Crippen LogP contribution in [0.25, 0.3) is 0 Å². The highest BCUT2D eigenvalue weighted by Gasteiger charge is 2.16. The van der Waals surface area contributed by atoms with Crippen LogP contribution in [0.15, 0.2) is 36.5 Å². The Hall–Kier alpha value is -2.27. The van der Waals surface area contributed by atoms with Gasteiger partial charge in [-0.05, 0) is 12.1 Å². The van der Waals surface area contributed by atoms with E-state index in [9.17, 15) is 9.90 Å². The van der Waals surface area contributed by atoms with Crippen LogP contribution in [0.4, 0.5) is 5.69 Å². The van der Waals surface area contributed by atoms with Crippen molar-refractivity contribution in [3.8, 4) is 11.5 Å². The average molecular weight is 308 g/mol. The molecule has 21 heavy (non-hydrogen) atoms. The van der Waals surface area contributed by atoms with Gasteiger partial charge in [0.05, 0.1) is 10.7 Å². The maximum atomic E-state index is 11.9. The number of aromatic nitrogens is 1. The molecule has 0 radical (unpaired) electrons. The molecule has 0 aliphatic rings. The number of rotatable bonds is 4. The van der Waals surface area contributed by atoms with Crippen molar-refractivity contribution in [1.29, 1.82) is 0 Å². The van der Waals surface area contributed by atoms with E-state index in [1.165, 1.54) is 6.07 Å². The molecule has 0 unspecified atom stereocenters. The highest BCUT2D eigenvalue weighted by molar-refractivity contribution is 6.33. The molecule has 1 amide bonds. The highest BCUT2D eigenvalue weighted by atomic mass is 35.5. The molecule has 0 bridgehead atoms. The normalized spacial score (nSPS) is 10.2. The zero-order valence-electron chi connectivity index (χ0n) is 11.8. The van der Waals surface area contributed by atoms with Crippen molar-refractivity contribution in [2.75, 3.05) is 11.9 Å². The summed E-state index contributed by atoms with van der Waals surface area (Å²) in [6.45, 7) is 1.57. The van der Waals surface area contributed by atoms with Crippen LogP contribution in [0.5, 0.6) is 11.5 Å². The van der Waals surface area contributed by atoms with E-state index in [0.29, 0.717) is 10.7 Å². The molecule has 0 atom stereocenters. The van der Waals surface area contributed by atoms with E-state index in [-0.39, 0.29) is 24.0 Å². The Morgan fingerprint density at radius 2 is 2.10 bits per heavy atom. The first-order valence-corrected chi connectivity index (χ1v) is 6.72. The van der Waals surface area contributed by atoms with Gasteiger partial charge < -0.3 is 15.2 Å². The van der Waals surface area contributed by atoms with Crippen molar-refractivity contribution in [2.45, 2.75) is 6.92 Å². The molecule has 0 aliphatic heterocycles. The molecule has 1 aromatic carbocycles. The SMILES string of the molecule is Cc1c(OCC(=O)Nc2ccccc2Cl)c(O)cc[n+]1C. The zero-order chi connectivity index (χ0) is 15.4. The lowest BCUT2D eigenvalue weighted by Gasteiger charge is -2.10. The summed E-state index contributed by atoms with van der Waals surface area (Å²) in [5.74, 6) is -0.0705. The van der Waals surface area contributed by atoms with Crippen LogP contribution in [-0.4, -0.2) is 17.6 Å².